The molecule has 12 heteroatoms. The largest absolute Gasteiger partial charge is 0.460 e. The number of rotatable bonds is 4. The Bertz CT molecular complexity index is 972. The van der Waals surface area contributed by atoms with Crippen LogP contribution in [0.4, 0.5) is 39.5 Å². The van der Waals surface area contributed by atoms with Gasteiger partial charge in [-0.3, -0.25) is 4.79 Å². The smallest absolute Gasteiger partial charge is 0.321 e. The number of aromatic nitrogens is 1. The van der Waals surface area contributed by atoms with Gasteiger partial charge < -0.3 is 4.98 Å². The van der Waals surface area contributed by atoms with Crippen LogP contribution in [0.3, 0.4) is 0 Å². The van der Waals surface area contributed by atoms with E-state index in [1.54, 1.807) is 0 Å². The molecule has 0 amide bonds. The van der Waals surface area contributed by atoms with Crippen LogP contribution in [0, 0.1) is 11.3 Å². The van der Waals surface area contributed by atoms with Crippen molar-refractivity contribution < 1.29 is 39.5 Å². The molecule has 150 valence electrons. The molecule has 28 heavy (non-hydrogen) atoms. The van der Waals surface area contributed by atoms with Crippen molar-refractivity contribution in [1.29, 1.82) is 5.26 Å². The molecule has 1 aromatic heterocycles. The number of hydrogen-bond acceptors (Lipinski definition) is 2. The highest BCUT2D eigenvalue weighted by Crippen LogP contribution is 2.57. The van der Waals surface area contributed by atoms with Gasteiger partial charge in [-0.25, -0.2) is 0 Å². The third-order valence-electron chi connectivity index (χ3n) is 3.71. The molecule has 0 bridgehead atoms. The van der Waals surface area contributed by atoms with Crippen molar-refractivity contribution in [2.45, 2.75) is 23.9 Å². The molecular weight excluding hydrogens is 407 g/mol. The van der Waals surface area contributed by atoms with Gasteiger partial charge in [0.25, 0.3) is 5.56 Å². The van der Waals surface area contributed by atoms with Gasteiger partial charge in [-0.2, -0.15) is 44.8 Å². The molecule has 0 aliphatic heterocycles. The number of halogens is 9. The Labute approximate surface area is 150 Å². The summed E-state index contributed by atoms with van der Waals surface area (Å²) in [5, 5.41) is 8.79. The number of hydrogen-bond donors (Lipinski definition) is 1. The highest BCUT2D eigenvalue weighted by atomic mass is 19.4. The van der Waals surface area contributed by atoms with Crippen molar-refractivity contribution >= 4 is 0 Å². The SMILES string of the molecule is N#Cc1c(C(F)(F)C(F)(F)C(F)(F)C(F)(F)F)cc(-c2ccccc2)[nH]c1=O. The predicted molar refractivity (Wildman–Crippen MR) is 77.1 cm³/mol. The third-order valence-corrected chi connectivity index (χ3v) is 3.71. The summed E-state index contributed by atoms with van der Waals surface area (Å²) in [5.41, 5.74) is -6.28. The number of nitrogens with one attached hydrogen (secondary N) is 1. The summed E-state index contributed by atoms with van der Waals surface area (Å²) in [6, 6.07) is 7.46. The van der Waals surface area contributed by atoms with Crippen molar-refractivity contribution in [3.63, 3.8) is 0 Å². The summed E-state index contributed by atoms with van der Waals surface area (Å²) in [6.45, 7) is 0. The molecule has 0 radical (unpaired) electrons. The van der Waals surface area contributed by atoms with Gasteiger partial charge in [0.1, 0.15) is 11.6 Å². The van der Waals surface area contributed by atoms with Gasteiger partial charge in [0.15, 0.2) is 0 Å². The average Bonchev–Trinajstić information content (AvgIpc) is 2.60. The zero-order valence-corrected chi connectivity index (χ0v) is 13.2. The van der Waals surface area contributed by atoms with Crippen molar-refractivity contribution in [3.8, 4) is 17.3 Å². The number of aromatic amines is 1. The quantitative estimate of drug-likeness (QED) is 0.729. The summed E-state index contributed by atoms with van der Waals surface area (Å²) in [4.78, 5) is 13.7. The zero-order chi connectivity index (χ0) is 21.5. The molecule has 2 aromatic rings. The summed E-state index contributed by atoms with van der Waals surface area (Å²) in [5.74, 6) is -20.4. The van der Waals surface area contributed by atoms with Crippen LogP contribution in [0.2, 0.25) is 0 Å². The molecular formula is C16H7F9N2O. The van der Waals surface area contributed by atoms with Crippen molar-refractivity contribution in [2.75, 3.05) is 0 Å². The van der Waals surface area contributed by atoms with E-state index in [4.69, 9.17) is 5.26 Å². The monoisotopic (exact) mass is 414 g/mol. The molecule has 1 aromatic carbocycles. The van der Waals surface area contributed by atoms with E-state index in [1.807, 2.05) is 4.98 Å². The summed E-state index contributed by atoms with van der Waals surface area (Å²) in [6.07, 6.45) is -7.02. The van der Waals surface area contributed by atoms with E-state index in [0.717, 1.165) is 6.07 Å². The van der Waals surface area contributed by atoms with E-state index in [1.165, 1.54) is 30.3 Å². The molecule has 0 unspecified atom stereocenters. The Balaban J connectivity index is 2.80. The first-order valence-electron chi connectivity index (χ1n) is 7.12. The average molecular weight is 414 g/mol. The number of H-pyrrole nitrogens is 1. The lowest BCUT2D eigenvalue weighted by atomic mass is 9.93. The van der Waals surface area contributed by atoms with E-state index < -0.39 is 46.3 Å². The number of nitriles is 1. The van der Waals surface area contributed by atoms with Gasteiger partial charge in [-0.1, -0.05) is 30.3 Å². The molecule has 0 saturated heterocycles. The fraction of sp³-hybridized carbons (Fsp3) is 0.250. The van der Waals surface area contributed by atoms with Gasteiger partial charge in [0.2, 0.25) is 0 Å². The van der Waals surface area contributed by atoms with Gasteiger partial charge in [-0.05, 0) is 11.6 Å². The normalized spacial score (nSPS) is 13.3. The molecule has 2 rings (SSSR count). The van der Waals surface area contributed by atoms with Gasteiger partial charge in [-0.15, -0.1) is 0 Å². The predicted octanol–water partition coefficient (Wildman–Crippen LogP) is 4.84. The topological polar surface area (TPSA) is 56.6 Å². The Morgan fingerprint density at radius 1 is 0.857 bits per heavy atom. The fourth-order valence-electron chi connectivity index (χ4n) is 2.24. The van der Waals surface area contributed by atoms with Crippen LogP contribution in [0.1, 0.15) is 11.1 Å². The summed E-state index contributed by atoms with van der Waals surface area (Å²) >= 11 is 0. The first-order chi connectivity index (χ1) is 12.7. The van der Waals surface area contributed by atoms with Crippen molar-refractivity contribution in [3.05, 3.63) is 57.9 Å². The molecule has 1 heterocycles. The number of benzene rings is 1. The van der Waals surface area contributed by atoms with Crippen LogP contribution in [-0.2, 0) is 5.92 Å². The highest BCUT2D eigenvalue weighted by molar-refractivity contribution is 5.61. The minimum Gasteiger partial charge on any atom is -0.321 e. The second-order valence-electron chi connectivity index (χ2n) is 5.50. The minimum atomic E-state index is -7.15. The van der Waals surface area contributed by atoms with E-state index in [-0.39, 0.29) is 11.6 Å². The number of pyridine rings is 1. The third kappa shape index (κ3) is 3.10. The zero-order valence-electron chi connectivity index (χ0n) is 13.2. The van der Waals surface area contributed by atoms with Crippen LogP contribution < -0.4 is 5.56 Å². The number of alkyl halides is 9. The molecule has 0 atom stereocenters. The van der Waals surface area contributed by atoms with E-state index in [2.05, 4.69) is 0 Å². The fourth-order valence-corrected chi connectivity index (χ4v) is 2.24. The minimum absolute atomic E-state index is 0.0490. The highest BCUT2D eigenvalue weighted by Gasteiger charge is 2.82. The maximum absolute atomic E-state index is 14.2. The molecule has 0 aliphatic carbocycles. The molecule has 0 spiro atoms. The Morgan fingerprint density at radius 2 is 1.39 bits per heavy atom. The van der Waals surface area contributed by atoms with E-state index in [9.17, 15) is 44.3 Å². The number of nitrogens with zero attached hydrogens (tertiary/aromatic N) is 1. The van der Waals surface area contributed by atoms with E-state index in [0.29, 0.717) is 0 Å². The van der Waals surface area contributed by atoms with Crippen molar-refractivity contribution in [1.82, 2.24) is 4.98 Å². The van der Waals surface area contributed by atoms with Crippen LogP contribution in [0.15, 0.2) is 41.2 Å². The van der Waals surface area contributed by atoms with Crippen molar-refractivity contribution in [2.24, 2.45) is 0 Å². The van der Waals surface area contributed by atoms with Crippen LogP contribution in [-0.4, -0.2) is 23.0 Å². The first kappa shape index (κ1) is 21.3. The van der Waals surface area contributed by atoms with Gasteiger partial charge in [0, 0.05) is 5.69 Å². The lowest BCUT2D eigenvalue weighted by Crippen LogP contribution is -2.59. The lowest BCUT2D eigenvalue weighted by molar-refractivity contribution is -0.399. The standard InChI is InChI=1S/C16H7F9N2O/c17-13(18,14(19,20)15(21,22)16(23,24)25)10-6-11(8-4-2-1-3-5-8)27-12(28)9(10)7-26/h1-6H,(H,27,28). The maximum Gasteiger partial charge on any atom is 0.460 e. The second-order valence-corrected chi connectivity index (χ2v) is 5.50. The van der Waals surface area contributed by atoms with Gasteiger partial charge in [0.05, 0.1) is 5.56 Å². The lowest BCUT2D eigenvalue weighted by Gasteiger charge is -2.34. The summed E-state index contributed by atoms with van der Waals surface area (Å²) in [7, 11) is 0. The second kappa shape index (κ2) is 6.57. The molecule has 1 N–H and O–H groups in total. The Morgan fingerprint density at radius 3 is 1.86 bits per heavy atom. The molecule has 0 aliphatic rings. The maximum atomic E-state index is 14.2. The van der Waals surface area contributed by atoms with Crippen LogP contribution in [0.25, 0.3) is 11.3 Å². The van der Waals surface area contributed by atoms with E-state index >= 15 is 0 Å². The van der Waals surface area contributed by atoms with Gasteiger partial charge >= 0.3 is 23.9 Å². The molecule has 0 fully saturated rings. The van der Waals surface area contributed by atoms with Crippen LogP contribution >= 0.6 is 0 Å². The summed E-state index contributed by atoms with van der Waals surface area (Å²) < 4.78 is 119. The molecule has 3 nitrogen and oxygen atoms in total. The molecule has 0 saturated carbocycles. The Kier molecular flexibility index (Phi) is 5.01. The Hall–Kier alpha value is -2.97. The van der Waals surface area contributed by atoms with Crippen LogP contribution in [0.5, 0.6) is 0 Å². The first-order valence-corrected chi connectivity index (χ1v) is 7.12.